The van der Waals surface area contributed by atoms with Gasteiger partial charge in [-0.3, -0.25) is 0 Å². The number of anilines is 1. The summed E-state index contributed by atoms with van der Waals surface area (Å²) >= 11 is 0. The minimum atomic E-state index is 0.856. The smallest absolute Gasteiger partial charge is 0.0517 e. The first-order valence-corrected chi connectivity index (χ1v) is 4.91. The Bertz CT molecular complexity index is 286. The fourth-order valence-electron chi connectivity index (χ4n) is 1.24. The summed E-state index contributed by atoms with van der Waals surface area (Å²) < 4.78 is 0. The highest BCUT2D eigenvalue weighted by Gasteiger charge is 1.97. The lowest BCUT2D eigenvalue weighted by Crippen LogP contribution is -2.31. The van der Waals surface area contributed by atoms with Crippen LogP contribution >= 0.6 is 0 Å². The predicted molar refractivity (Wildman–Crippen MR) is 62.0 cm³/mol. The van der Waals surface area contributed by atoms with E-state index < -0.39 is 0 Å². The number of para-hydroxylation sites is 1. The normalized spacial score (nSPS) is 9.64. The van der Waals surface area contributed by atoms with Crippen LogP contribution in [0.2, 0.25) is 0 Å². The molecule has 0 aromatic heterocycles. The van der Waals surface area contributed by atoms with E-state index in [0.29, 0.717) is 0 Å². The maximum Gasteiger partial charge on any atom is 0.0517 e. The Morgan fingerprint density at radius 3 is 2.50 bits per heavy atom. The molecule has 0 aliphatic carbocycles. The molecule has 0 saturated heterocycles. The van der Waals surface area contributed by atoms with Gasteiger partial charge in [-0.2, -0.15) is 0 Å². The second-order valence-electron chi connectivity index (χ2n) is 3.60. The van der Waals surface area contributed by atoms with Crippen molar-refractivity contribution in [3.05, 3.63) is 42.0 Å². The fourth-order valence-corrected chi connectivity index (χ4v) is 1.24. The molecule has 0 saturated carbocycles. The summed E-state index contributed by atoms with van der Waals surface area (Å²) in [6, 6.07) is 10.0. The van der Waals surface area contributed by atoms with Crippen LogP contribution in [0.5, 0.6) is 0 Å². The van der Waals surface area contributed by atoms with E-state index in [1.54, 1.807) is 5.01 Å². The van der Waals surface area contributed by atoms with Crippen molar-refractivity contribution in [3.8, 4) is 0 Å². The second-order valence-corrected chi connectivity index (χ2v) is 3.60. The Morgan fingerprint density at radius 2 is 1.93 bits per heavy atom. The van der Waals surface area contributed by atoms with Gasteiger partial charge in [0.15, 0.2) is 0 Å². The van der Waals surface area contributed by atoms with Crippen molar-refractivity contribution in [2.45, 2.75) is 20.3 Å². The summed E-state index contributed by atoms with van der Waals surface area (Å²) in [6.45, 7) is 5.06. The third-order valence-electron chi connectivity index (χ3n) is 2.01. The van der Waals surface area contributed by atoms with E-state index in [1.807, 2.05) is 30.3 Å². The molecular weight excluding hydrogens is 172 g/mol. The highest BCUT2D eigenvalue weighted by molar-refractivity contribution is 5.44. The lowest BCUT2D eigenvalue weighted by Gasteiger charge is -2.17. The van der Waals surface area contributed by atoms with Crippen LogP contribution in [0.3, 0.4) is 0 Å². The zero-order valence-corrected chi connectivity index (χ0v) is 8.90. The highest BCUT2D eigenvalue weighted by atomic mass is 15.4. The number of hydrazine groups is 1. The second kappa shape index (κ2) is 5.45. The van der Waals surface area contributed by atoms with E-state index in [9.17, 15) is 0 Å². The van der Waals surface area contributed by atoms with Crippen molar-refractivity contribution < 1.29 is 0 Å². The van der Waals surface area contributed by atoms with Gasteiger partial charge in [0.25, 0.3) is 0 Å². The van der Waals surface area contributed by atoms with Crippen LogP contribution in [0.15, 0.2) is 42.0 Å². The van der Waals surface area contributed by atoms with Crippen molar-refractivity contribution in [2.24, 2.45) is 5.84 Å². The average molecular weight is 190 g/mol. The van der Waals surface area contributed by atoms with Crippen LogP contribution in [0.1, 0.15) is 20.3 Å². The van der Waals surface area contributed by atoms with Crippen LogP contribution < -0.4 is 10.9 Å². The van der Waals surface area contributed by atoms with E-state index in [1.165, 1.54) is 5.57 Å². The van der Waals surface area contributed by atoms with Crippen molar-refractivity contribution >= 4 is 5.69 Å². The Kier molecular flexibility index (Phi) is 4.20. The molecule has 0 atom stereocenters. The first-order valence-electron chi connectivity index (χ1n) is 4.91. The van der Waals surface area contributed by atoms with Crippen LogP contribution in [-0.4, -0.2) is 6.54 Å². The number of allylic oxidation sites excluding steroid dienone is 1. The third kappa shape index (κ3) is 3.62. The van der Waals surface area contributed by atoms with Gasteiger partial charge in [-0.05, 0) is 32.4 Å². The molecule has 14 heavy (non-hydrogen) atoms. The standard InChI is InChI=1S/C12H18N2/c1-11(2)7-6-10-14(13)12-8-4-3-5-9-12/h3-5,7-9H,6,10,13H2,1-2H3. The average Bonchev–Trinajstić information content (AvgIpc) is 2.18. The molecule has 0 aliphatic rings. The molecule has 1 aromatic rings. The molecule has 0 unspecified atom stereocenters. The summed E-state index contributed by atoms with van der Waals surface area (Å²) in [7, 11) is 0. The maximum atomic E-state index is 5.89. The maximum absolute atomic E-state index is 5.89. The summed E-state index contributed by atoms with van der Waals surface area (Å²) in [6.07, 6.45) is 3.19. The van der Waals surface area contributed by atoms with E-state index >= 15 is 0 Å². The first kappa shape index (κ1) is 10.8. The lowest BCUT2D eigenvalue weighted by atomic mass is 10.2. The Labute approximate surface area is 86.0 Å². The van der Waals surface area contributed by atoms with Crippen molar-refractivity contribution in [3.63, 3.8) is 0 Å². The molecule has 2 N–H and O–H groups in total. The molecule has 0 aliphatic heterocycles. The molecule has 76 valence electrons. The number of hydrogen-bond acceptors (Lipinski definition) is 2. The van der Waals surface area contributed by atoms with Crippen molar-refractivity contribution in [1.29, 1.82) is 0 Å². The van der Waals surface area contributed by atoms with Gasteiger partial charge in [0.1, 0.15) is 0 Å². The number of nitrogens with two attached hydrogens (primary N) is 1. The minimum Gasteiger partial charge on any atom is -0.311 e. The Morgan fingerprint density at radius 1 is 1.29 bits per heavy atom. The third-order valence-corrected chi connectivity index (χ3v) is 2.01. The molecule has 0 fully saturated rings. The van der Waals surface area contributed by atoms with Crippen LogP contribution in [-0.2, 0) is 0 Å². The first-order chi connectivity index (χ1) is 6.70. The van der Waals surface area contributed by atoms with Gasteiger partial charge in [0.2, 0.25) is 0 Å². The molecule has 0 bridgehead atoms. The van der Waals surface area contributed by atoms with E-state index in [2.05, 4.69) is 19.9 Å². The molecule has 2 heteroatoms. The fraction of sp³-hybridized carbons (Fsp3) is 0.333. The zero-order valence-electron chi connectivity index (χ0n) is 8.90. The quantitative estimate of drug-likeness (QED) is 0.449. The van der Waals surface area contributed by atoms with Gasteiger partial charge < -0.3 is 5.01 Å². The van der Waals surface area contributed by atoms with Gasteiger partial charge in [0.05, 0.1) is 5.69 Å². The summed E-state index contributed by atoms with van der Waals surface area (Å²) in [5.74, 6) is 5.89. The molecular formula is C12H18N2. The summed E-state index contributed by atoms with van der Waals surface area (Å²) in [5.41, 5.74) is 2.40. The van der Waals surface area contributed by atoms with Gasteiger partial charge >= 0.3 is 0 Å². The number of benzene rings is 1. The predicted octanol–water partition coefficient (Wildman–Crippen LogP) is 2.72. The monoisotopic (exact) mass is 190 g/mol. The topological polar surface area (TPSA) is 29.3 Å². The van der Waals surface area contributed by atoms with Gasteiger partial charge in [-0.1, -0.05) is 29.8 Å². The van der Waals surface area contributed by atoms with E-state index in [-0.39, 0.29) is 0 Å². The molecule has 0 heterocycles. The van der Waals surface area contributed by atoms with Gasteiger partial charge in [-0.25, -0.2) is 5.84 Å². The minimum absolute atomic E-state index is 0.856. The summed E-state index contributed by atoms with van der Waals surface area (Å²) in [5, 5.41) is 1.78. The lowest BCUT2D eigenvalue weighted by molar-refractivity contribution is 0.837. The Balaban J connectivity index is 2.43. The van der Waals surface area contributed by atoms with Crippen LogP contribution in [0.25, 0.3) is 0 Å². The van der Waals surface area contributed by atoms with Gasteiger partial charge in [0, 0.05) is 6.54 Å². The van der Waals surface area contributed by atoms with Crippen LogP contribution in [0, 0.1) is 0 Å². The molecule has 0 radical (unpaired) electrons. The van der Waals surface area contributed by atoms with E-state index in [0.717, 1.165) is 18.7 Å². The molecule has 0 spiro atoms. The molecule has 0 amide bonds. The molecule has 1 aromatic carbocycles. The number of hydrogen-bond donors (Lipinski definition) is 1. The molecule has 1 rings (SSSR count). The van der Waals surface area contributed by atoms with Crippen molar-refractivity contribution in [2.75, 3.05) is 11.6 Å². The SMILES string of the molecule is CC(C)=CCCN(N)c1ccccc1. The summed E-state index contributed by atoms with van der Waals surface area (Å²) in [4.78, 5) is 0. The zero-order chi connectivity index (χ0) is 10.4. The van der Waals surface area contributed by atoms with Gasteiger partial charge in [-0.15, -0.1) is 0 Å². The highest BCUT2D eigenvalue weighted by Crippen LogP contribution is 2.09. The largest absolute Gasteiger partial charge is 0.311 e. The van der Waals surface area contributed by atoms with Crippen molar-refractivity contribution in [1.82, 2.24) is 0 Å². The number of nitrogens with zero attached hydrogens (tertiary/aromatic N) is 1. The van der Waals surface area contributed by atoms with E-state index in [4.69, 9.17) is 5.84 Å². The molecule has 2 nitrogen and oxygen atoms in total. The number of rotatable bonds is 4. The Hall–Kier alpha value is -1.28. The van der Waals surface area contributed by atoms with Crippen LogP contribution in [0.4, 0.5) is 5.69 Å².